The van der Waals surface area contributed by atoms with E-state index in [1.54, 1.807) is 0 Å². The van der Waals surface area contributed by atoms with Crippen LogP contribution in [0, 0.1) is 0 Å². The van der Waals surface area contributed by atoms with E-state index in [1.807, 2.05) is 12.3 Å². The van der Waals surface area contributed by atoms with Crippen LogP contribution in [-0.4, -0.2) is 11.5 Å². The Morgan fingerprint density at radius 3 is 2.89 bits per heavy atom. The second-order valence-corrected chi connectivity index (χ2v) is 4.50. The monoisotopic (exact) mass is 240 g/mol. The van der Waals surface area contributed by atoms with Crippen LogP contribution in [0.2, 0.25) is 0 Å². The Bertz CT molecular complexity index is 536. The minimum absolute atomic E-state index is 0.695. The number of hydrogen-bond acceptors (Lipinski definition) is 4. The smallest absolute Gasteiger partial charge is 0.139 e. The summed E-state index contributed by atoms with van der Waals surface area (Å²) in [5.74, 6) is 6.00. The van der Waals surface area contributed by atoms with E-state index in [2.05, 4.69) is 45.6 Å². The van der Waals surface area contributed by atoms with Crippen molar-refractivity contribution in [2.75, 3.05) is 16.9 Å². The van der Waals surface area contributed by atoms with Crippen LogP contribution >= 0.6 is 0 Å². The molecule has 0 fully saturated rings. The average Bonchev–Trinajstić information content (AvgIpc) is 2.83. The van der Waals surface area contributed by atoms with Crippen molar-refractivity contribution in [2.45, 2.75) is 13.0 Å². The molecular weight excluding hydrogens is 224 g/mol. The largest absolute Gasteiger partial charge is 0.367 e. The van der Waals surface area contributed by atoms with E-state index in [1.165, 1.54) is 16.8 Å². The van der Waals surface area contributed by atoms with Gasteiger partial charge in [0, 0.05) is 25.0 Å². The lowest BCUT2D eigenvalue weighted by Gasteiger charge is -2.19. The molecule has 0 bridgehead atoms. The highest BCUT2D eigenvalue weighted by Gasteiger charge is 2.18. The van der Waals surface area contributed by atoms with E-state index in [9.17, 15) is 0 Å². The third-order valence-electron chi connectivity index (χ3n) is 3.33. The quantitative estimate of drug-likeness (QED) is 0.636. The van der Waals surface area contributed by atoms with Gasteiger partial charge < -0.3 is 10.3 Å². The van der Waals surface area contributed by atoms with Gasteiger partial charge in [0.2, 0.25) is 0 Å². The van der Waals surface area contributed by atoms with Gasteiger partial charge in [-0.2, -0.15) is 0 Å². The second-order valence-electron chi connectivity index (χ2n) is 4.50. The number of para-hydroxylation sites is 1. The summed E-state index contributed by atoms with van der Waals surface area (Å²) in [7, 11) is 0. The van der Waals surface area contributed by atoms with Gasteiger partial charge in [-0.25, -0.2) is 10.8 Å². The van der Waals surface area contributed by atoms with Crippen LogP contribution in [0.3, 0.4) is 0 Å². The van der Waals surface area contributed by atoms with Crippen molar-refractivity contribution in [3.63, 3.8) is 0 Å². The third-order valence-corrected chi connectivity index (χ3v) is 3.33. The lowest BCUT2D eigenvalue weighted by Crippen LogP contribution is -2.19. The fourth-order valence-corrected chi connectivity index (χ4v) is 2.39. The molecule has 0 aliphatic carbocycles. The standard InChI is InChI=1S/C14H16N4/c15-17-14-6-5-11(9-16-14)10-18-8-7-12-3-1-2-4-13(12)18/h1-6,9H,7-8,10,15H2,(H,16,17). The zero-order valence-electron chi connectivity index (χ0n) is 10.1. The molecule has 0 unspecified atom stereocenters. The Morgan fingerprint density at radius 1 is 1.22 bits per heavy atom. The molecule has 0 atom stereocenters. The van der Waals surface area contributed by atoms with E-state index in [-0.39, 0.29) is 0 Å². The molecule has 0 radical (unpaired) electrons. The third kappa shape index (κ3) is 2.02. The number of hydrogen-bond donors (Lipinski definition) is 2. The number of nitrogens with zero attached hydrogens (tertiary/aromatic N) is 2. The molecule has 3 N–H and O–H groups in total. The number of nitrogens with one attached hydrogen (secondary N) is 1. The Morgan fingerprint density at radius 2 is 2.11 bits per heavy atom. The summed E-state index contributed by atoms with van der Waals surface area (Å²) in [5, 5.41) is 0. The normalized spacial score (nSPS) is 13.5. The van der Waals surface area contributed by atoms with Gasteiger partial charge in [-0.05, 0) is 29.7 Å². The van der Waals surface area contributed by atoms with Gasteiger partial charge in [-0.1, -0.05) is 24.3 Å². The summed E-state index contributed by atoms with van der Waals surface area (Å²) in [6.45, 7) is 1.98. The topological polar surface area (TPSA) is 54.2 Å². The zero-order chi connectivity index (χ0) is 12.4. The highest BCUT2D eigenvalue weighted by Crippen LogP contribution is 2.28. The number of pyridine rings is 1. The van der Waals surface area contributed by atoms with Crippen molar-refractivity contribution in [3.05, 3.63) is 53.7 Å². The summed E-state index contributed by atoms with van der Waals surface area (Å²) in [6, 6.07) is 12.5. The molecule has 0 spiro atoms. The molecule has 92 valence electrons. The molecule has 1 aliphatic rings. The highest BCUT2D eigenvalue weighted by molar-refractivity contribution is 5.58. The summed E-state index contributed by atoms with van der Waals surface area (Å²) in [6.07, 6.45) is 3.00. The van der Waals surface area contributed by atoms with E-state index in [4.69, 9.17) is 5.84 Å². The Labute approximate surface area is 106 Å². The number of nitrogens with two attached hydrogens (primary N) is 1. The summed E-state index contributed by atoms with van der Waals surface area (Å²) >= 11 is 0. The van der Waals surface area contributed by atoms with Crippen LogP contribution in [0.5, 0.6) is 0 Å². The fourth-order valence-electron chi connectivity index (χ4n) is 2.39. The Hall–Kier alpha value is -2.07. The lowest BCUT2D eigenvalue weighted by molar-refractivity contribution is 0.832. The summed E-state index contributed by atoms with van der Waals surface area (Å²) in [4.78, 5) is 6.62. The average molecular weight is 240 g/mol. The first kappa shape index (κ1) is 11.0. The van der Waals surface area contributed by atoms with Crippen LogP contribution < -0.4 is 16.2 Å². The number of rotatable bonds is 3. The minimum atomic E-state index is 0.695. The van der Waals surface area contributed by atoms with Crippen molar-refractivity contribution in [1.82, 2.24) is 4.98 Å². The van der Waals surface area contributed by atoms with Gasteiger partial charge in [-0.3, -0.25) is 0 Å². The molecule has 0 saturated heterocycles. The molecule has 1 aromatic carbocycles. The maximum Gasteiger partial charge on any atom is 0.139 e. The number of benzene rings is 1. The first-order valence-electron chi connectivity index (χ1n) is 6.11. The summed E-state index contributed by atoms with van der Waals surface area (Å²) < 4.78 is 0. The number of hydrazine groups is 1. The second kappa shape index (κ2) is 4.66. The van der Waals surface area contributed by atoms with Crippen LogP contribution in [0.4, 0.5) is 11.5 Å². The highest BCUT2D eigenvalue weighted by atomic mass is 15.2. The van der Waals surface area contributed by atoms with Crippen molar-refractivity contribution in [3.8, 4) is 0 Å². The number of aromatic nitrogens is 1. The van der Waals surface area contributed by atoms with Crippen LogP contribution in [0.25, 0.3) is 0 Å². The molecule has 2 heterocycles. The van der Waals surface area contributed by atoms with Gasteiger partial charge >= 0.3 is 0 Å². The van der Waals surface area contributed by atoms with Gasteiger partial charge in [0.05, 0.1) is 0 Å². The van der Waals surface area contributed by atoms with Gasteiger partial charge in [0.15, 0.2) is 0 Å². The Balaban J connectivity index is 1.77. The van der Waals surface area contributed by atoms with Crippen LogP contribution in [0.1, 0.15) is 11.1 Å². The van der Waals surface area contributed by atoms with Crippen LogP contribution in [0.15, 0.2) is 42.6 Å². The molecule has 4 nitrogen and oxygen atoms in total. The Kier molecular flexibility index (Phi) is 2.86. The van der Waals surface area contributed by atoms with Crippen molar-refractivity contribution >= 4 is 11.5 Å². The molecule has 1 aliphatic heterocycles. The van der Waals surface area contributed by atoms with Crippen molar-refractivity contribution in [1.29, 1.82) is 0 Å². The van der Waals surface area contributed by atoms with Gasteiger partial charge in [0.25, 0.3) is 0 Å². The van der Waals surface area contributed by atoms with E-state index >= 15 is 0 Å². The molecule has 1 aromatic heterocycles. The molecule has 4 heteroatoms. The number of fused-ring (bicyclic) bond motifs is 1. The van der Waals surface area contributed by atoms with E-state index < -0.39 is 0 Å². The molecular formula is C14H16N4. The SMILES string of the molecule is NNc1ccc(CN2CCc3ccccc32)cn1. The van der Waals surface area contributed by atoms with Gasteiger partial charge in [0.1, 0.15) is 5.82 Å². The molecule has 18 heavy (non-hydrogen) atoms. The van der Waals surface area contributed by atoms with E-state index in [0.29, 0.717) is 5.82 Å². The predicted molar refractivity (Wildman–Crippen MR) is 73.2 cm³/mol. The van der Waals surface area contributed by atoms with Gasteiger partial charge in [-0.15, -0.1) is 0 Å². The maximum absolute atomic E-state index is 5.30. The van der Waals surface area contributed by atoms with E-state index in [0.717, 1.165) is 19.5 Å². The lowest BCUT2D eigenvalue weighted by atomic mass is 10.2. The first-order chi connectivity index (χ1) is 8.86. The number of nitrogen functional groups attached to an aromatic ring is 1. The first-order valence-corrected chi connectivity index (χ1v) is 6.11. The number of anilines is 2. The summed E-state index contributed by atoms with van der Waals surface area (Å²) in [5.41, 5.74) is 6.52. The fraction of sp³-hybridized carbons (Fsp3) is 0.214. The predicted octanol–water partition coefficient (Wildman–Crippen LogP) is 1.93. The molecule has 2 aromatic rings. The molecule has 0 saturated carbocycles. The maximum atomic E-state index is 5.30. The van der Waals surface area contributed by atoms with Crippen LogP contribution in [-0.2, 0) is 13.0 Å². The molecule has 3 rings (SSSR count). The zero-order valence-corrected chi connectivity index (χ0v) is 10.1. The minimum Gasteiger partial charge on any atom is -0.367 e. The van der Waals surface area contributed by atoms with Crippen molar-refractivity contribution < 1.29 is 0 Å². The van der Waals surface area contributed by atoms with Crippen molar-refractivity contribution in [2.24, 2.45) is 5.84 Å². The molecule has 0 amide bonds.